The fourth-order valence-electron chi connectivity index (χ4n) is 1.22. The first-order chi connectivity index (χ1) is 7.29. The molecule has 1 aromatic carbocycles. The average Bonchev–Trinajstić information content (AvgIpc) is 2.13. The molecule has 0 bridgehead atoms. The Balaban J connectivity index is 0.00000106. The minimum atomic E-state index is -4.40. The first kappa shape index (κ1) is 14.7. The van der Waals surface area contributed by atoms with Crippen molar-refractivity contribution in [1.29, 1.82) is 0 Å². The Kier molecular flexibility index (Phi) is 5.27. The summed E-state index contributed by atoms with van der Waals surface area (Å²) in [5.74, 6) is -0.903. The molecular weight excluding hydrogens is 222 g/mol. The third kappa shape index (κ3) is 4.51. The Morgan fingerprint density at radius 2 is 1.69 bits per heavy atom. The predicted molar refractivity (Wildman–Crippen MR) is 56.7 cm³/mol. The van der Waals surface area contributed by atoms with Gasteiger partial charge in [0.05, 0.1) is 6.42 Å². The zero-order valence-corrected chi connectivity index (χ0v) is 9.45. The number of aryl methyl sites for hydroxylation is 1. The molecule has 0 aromatic heterocycles. The van der Waals surface area contributed by atoms with Gasteiger partial charge >= 0.3 is 6.18 Å². The van der Waals surface area contributed by atoms with Crippen molar-refractivity contribution >= 4 is 5.69 Å². The number of nitrogen functional groups attached to an aromatic ring is 1. The quantitative estimate of drug-likeness (QED) is 0.582. The molecule has 0 saturated carbocycles. The first-order valence-electron chi connectivity index (χ1n) is 4.91. The van der Waals surface area contributed by atoms with Crippen LogP contribution in [0.25, 0.3) is 0 Å². The van der Waals surface area contributed by atoms with Crippen molar-refractivity contribution in [3.05, 3.63) is 29.1 Å². The van der Waals surface area contributed by atoms with Crippen LogP contribution >= 0.6 is 0 Å². The molecular formula is C11H15F4N. The molecule has 0 heterocycles. The summed E-state index contributed by atoms with van der Waals surface area (Å²) in [6.45, 7) is 5.40. The summed E-state index contributed by atoms with van der Waals surface area (Å²) in [7, 11) is 0. The summed E-state index contributed by atoms with van der Waals surface area (Å²) in [5, 5.41) is 0. The number of alkyl halides is 3. The third-order valence-corrected chi connectivity index (χ3v) is 1.82. The topological polar surface area (TPSA) is 26.0 Å². The fourth-order valence-corrected chi connectivity index (χ4v) is 1.22. The van der Waals surface area contributed by atoms with E-state index < -0.39 is 18.4 Å². The second-order valence-electron chi connectivity index (χ2n) is 3.09. The maximum absolute atomic E-state index is 13.1. The summed E-state index contributed by atoms with van der Waals surface area (Å²) >= 11 is 0. The first-order valence-corrected chi connectivity index (χ1v) is 4.91. The number of hydrogen-bond acceptors (Lipinski definition) is 1. The highest BCUT2D eigenvalue weighted by atomic mass is 19.4. The Bertz CT molecular complexity index is 321. The SMILES string of the molecule is CC.Cc1cc(N)cc(F)c1CC(F)(F)F. The van der Waals surface area contributed by atoms with Gasteiger partial charge < -0.3 is 5.73 Å². The summed E-state index contributed by atoms with van der Waals surface area (Å²) in [6.07, 6.45) is -5.66. The van der Waals surface area contributed by atoms with Gasteiger partial charge in [0.15, 0.2) is 0 Å². The molecule has 0 aliphatic rings. The van der Waals surface area contributed by atoms with Gasteiger partial charge in [-0.1, -0.05) is 13.8 Å². The molecule has 0 saturated heterocycles. The van der Waals surface area contributed by atoms with Crippen LogP contribution in [0.15, 0.2) is 12.1 Å². The fraction of sp³-hybridized carbons (Fsp3) is 0.455. The molecule has 16 heavy (non-hydrogen) atoms. The van der Waals surface area contributed by atoms with E-state index in [0.717, 1.165) is 6.07 Å². The van der Waals surface area contributed by atoms with Crippen LogP contribution < -0.4 is 5.73 Å². The summed E-state index contributed by atoms with van der Waals surface area (Å²) in [5.41, 5.74) is 5.28. The maximum Gasteiger partial charge on any atom is 0.393 e. The van der Waals surface area contributed by atoms with Gasteiger partial charge in [-0.25, -0.2) is 4.39 Å². The lowest BCUT2D eigenvalue weighted by Gasteiger charge is -2.10. The van der Waals surface area contributed by atoms with Gasteiger partial charge in [-0.3, -0.25) is 0 Å². The second-order valence-corrected chi connectivity index (χ2v) is 3.09. The minimum Gasteiger partial charge on any atom is -0.399 e. The second kappa shape index (κ2) is 5.72. The van der Waals surface area contributed by atoms with Crippen molar-refractivity contribution in [3.63, 3.8) is 0 Å². The van der Waals surface area contributed by atoms with Crippen molar-refractivity contribution in [3.8, 4) is 0 Å². The number of nitrogens with two attached hydrogens (primary N) is 1. The average molecular weight is 237 g/mol. The van der Waals surface area contributed by atoms with Crippen LogP contribution in [-0.4, -0.2) is 6.18 Å². The molecule has 0 atom stereocenters. The lowest BCUT2D eigenvalue weighted by molar-refractivity contribution is -0.127. The van der Waals surface area contributed by atoms with Gasteiger partial charge in [0.1, 0.15) is 5.82 Å². The Morgan fingerprint density at radius 3 is 2.06 bits per heavy atom. The van der Waals surface area contributed by atoms with Crippen molar-refractivity contribution < 1.29 is 17.6 Å². The van der Waals surface area contributed by atoms with E-state index in [1.165, 1.54) is 13.0 Å². The number of benzene rings is 1. The molecule has 0 aliphatic carbocycles. The Morgan fingerprint density at radius 1 is 1.19 bits per heavy atom. The number of hydrogen-bond donors (Lipinski definition) is 1. The van der Waals surface area contributed by atoms with E-state index in [9.17, 15) is 17.6 Å². The highest BCUT2D eigenvalue weighted by molar-refractivity contribution is 5.45. The van der Waals surface area contributed by atoms with E-state index in [-0.39, 0.29) is 16.8 Å². The van der Waals surface area contributed by atoms with Gasteiger partial charge in [-0.2, -0.15) is 13.2 Å². The highest BCUT2D eigenvalue weighted by Gasteiger charge is 2.30. The Labute approximate surface area is 92.3 Å². The standard InChI is InChI=1S/C9H9F4N.C2H6/c1-5-2-6(14)3-8(10)7(5)4-9(11,12)13;1-2/h2-3H,4,14H2,1H3;1-2H3. The zero-order valence-electron chi connectivity index (χ0n) is 9.45. The summed E-state index contributed by atoms with van der Waals surface area (Å²) < 4.78 is 49.1. The van der Waals surface area contributed by atoms with E-state index in [4.69, 9.17) is 5.73 Å². The van der Waals surface area contributed by atoms with Gasteiger partial charge in [0, 0.05) is 5.69 Å². The summed E-state index contributed by atoms with van der Waals surface area (Å²) in [6, 6.07) is 2.22. The van der Waals surface area contributed by atoms with E-state index in [1.54, 1.807) is 0 Å². The lowest BCUT2D eigenvalue weighted by atomic mass is 10.0. The molecule has 0 spiro atoms. The molecule has 0 radical (unpaired) electrons. The highest BCUT2D eigenvalue weighted by Crippen LogP contribution is 2.26. The van der Waals surface area contributed by atoms with Gasteiger partial charge in [-0.15, -0.1) is 0 Å². The normalized spacial score (nSPS) is 10.7. The van der Waals surface area contributed by atoms with Crippen molar-refractivity contribution in [2.24, 2.45) is 0 Å². The number of rotatable bonds is 1. The third-order valence-electron chi connectivity index (χ3n) is 1.82. The van der Waals surface area contributed by atoms with Crippen molar-refractivity contribution in [2.75, 3.05) is 5.73 Å². The largest absolute Gasteiger partial charge is 0.399 e. The van der Waals surface area contributed by atoms with Crippen molar-refractivity contribution in [1.82, 2.24) is 0 Å². The smallest absolute Gasteiger partial charge is 0.393 e. The Hall–Kier alpha value is -1.26. The molecule has 92 valence electrons. The monoisotopic (exact) mass is 237 g/mol. The van der Waals surface area contributed by atoms with Gasteiger partial charge in [0.25, 0.3) is 0 Å². The van der Waals surface area contributed by atoms with E-state index in [1.807, 2.05) is 13.8 Å². The van der Waals surface area contributed by atoms with Crippen LogP contribution in [0.4, 0.5) is 23.2 Å². The van der Waals surface area contributed by atoms with E-state index in [2.05, 4.69) is 0 Å². The van der Waals surface area contributed by atoms with Crippen LogP contribution in [0.1, 0.15) is 25.0 Å². The van der Waals surface area contributed by atoms with Crippen LogP contribution in [0, 0.1) is 12.7 Å². The predicted octanol–water partition coefficient (Wildman–Crippen LogP) is 3.85. The molecule has 0 aliphatic heterocycles. The molecule has 0 unspecified atom stereocenters. The van der Waals surface area contributed by atoms with Crippen LogP contribution in [0.5, 0.6) is 0 Å². The molecule has 5 heteroatoms. The molecule has 0 fully saturated rings. The van der Waals surface area contributed by atoms with Crippen LogP contribution in [0.3, 0.4) is 0 Å². The van der Waals surface area contributed by atoms with Crippen molar-refractivity contribution in [2.45, 2.75) is 33.4 Å². The number of anilines is 1. The van der Waals surface area contributed by atoms with Crippen LogP contribution in [0.2, 0.25) is 0 Å². The molecule has 1 aromatic rings. The number of halogens is 4. The maximum atomic E-state index is 13.1. The zero-order chi connectivity index (χ0) is 12.9. The molecule has 1 nitrogen and oxygen atoms in total. The minimum absolute atomic E-state index is 0.130. The molecule has 2 N–H and O–H groups in total. The molecule has 0 amide bonds. The molecule has 1 rings (SSSR count). The van der Waals surface area contributed by atoms with E-state index in [0.29, 0.717) is 0 Å². The summed E-state index contributed by atoms with van der Waals surface area (Å²) in [4.78, 5) is 0. The van der Waals surface area contributed by atoms with Gasteiger partial charge in [0.2, 0.25) is 0 Å². The lowest BCUT2D eigenvalue weighted by Crippen LogP contribution is -2.14. The van der Waals surface area contributed by atoms with Crippen LogP contribution in [-0.2, 0) is 6.42 Å². The van der Waals surface area contributed by atoms with Gasteiger partial charge in [-0.05, 0) is 30.2 Å². The van der Waals surface area contributed by atoms with E-state index >= 15 is 0 Å².